The van der Waals surface area contributed by atoms with Gasteiger partial charge in [0, 0.05) is 19.8 Å². The predicted octanol–water partition coefficient (Wildman–Crippen LogP) is 1.19. The third-order valence-electron chi connectivity index (χ3n) is 2.01. The SMILES string of the molecule is CCC=C1C[B][B][B]CC1=NC. The molecule has 1 fully saturated rings. The van der Waals surface area contributed by atoms with Crippen LogP contribution in [0.3, 0.4) is 0 Å². The van der Waals surface area contributed by atoms with Crippen LogP contribution in [0, 0.1) is 0 Å². The summed E-state index contributed by atoms with van der Waals surface area (Å²) >= 11 is 0. The second-order valence-electron chi connectivity index (χ2n) is 2.88. The molecule has 3 radical (unpaired) electrons. The van der Waals surface area contributed by atoms with Crippen molar-refractivity contribution >= 4 is 27.1 Å². The highest BCUT2D eigenvalue weighted by Gasteiger charge is 2.11. The van der Waals surface area contributed by atoms with E-state index in [1.807, 2.05) is 7.05 Å². The Morgan fingerprint density at radius 3 is 2.83 bits per heavy atom. The highest BCUT2D eigenvalue weighted by atomic mass is 14.7. The summed E-state index contributed by atoms with van der Waals surface area (Å²) in [5, 5.41) is 0. The van der Waals surface area contributed by atoms with E-state index in [1.54, 1.807) is 0 Å². The summed E-state index contributed by atoms with van der Waals surface area (Å²) in [7, 11) is 8.36. The van der Waals surface area contributed by atoms with Crippen LogP contribution in [-0.2, 0) is 0 Å². The molecule has 0 aromatic carbocycles. The fourth-order valence-corrected chi connectivity index (χ4v) is 1.40. The third-order valence-corrected chi connectivity index (χ3v) is 2.01. The van der Waals surface area contributed by atoms with Crippen LogP contribution in [0.1, 0.15) is 13.3 Å². The first-order valence-electron chi connectivity index (χ1n) is 4.52. The van der Waals surface area contributed by atoms with Gasteiger partial charge in [0.25, 0.3) is 0 Å². The topological polar surface area (TPSA) is 12.4 Å². The van der Waals surface area contributed by atoms with E-state index in [0.717, 1.165) is 19.1 Å². The molecule has 0 aliphatic carbocycles. The van der Waals surface area contributed by atoms with Crippen LogP contribution >= 0.6 is 0 Å². The zero-order chi connectivity index (χ0) is 8.81. The van der Waals surface area contributed by atoms with Gasteiger partial charge in [0.2, 0.25) is 0 Å². The van der Waals surface area contributed by atoms with Gasteiger partial charge in [-0.1, -0.05) is 19.3 Å². The van der Waals surface area contributed by atoms with Gasteiger partial charge in [-0.15, -0.1) is 0 Å². The van der Waals surface area contributed by atoms with Crippen molar-refractivity contribution in [2.75, 3.05) is 7.05 Å². The maximum atomic E-state index is 4.28. The number of hydrogen-bond acceptors (Lipinski definition) is 1. The smallest absolute Gasteiger partial charge is 0.0632 e. The van der Waals surface area contributed by atoms with Gasteiger partial charge in [0.15, 0.2) is 0 Å². The second-order valence-corrected chi connectivity index (χ2v) is 2.88. The Balaban J connectivity index is 2.71. The zero-order valence-electron chi connectivity index (χ0n) is 7.88. The van der Waals surface area contributed by atoms with Gasteiger partial charge in [0.05, 0.1) is 14.3 Å². The van der Waals surface area contributed by atoms with Crippen molar-refractivity contribution in [1.29, 1.82) is 0 Å². The molecule has 0 unspecified atom stereocenters. The average molecular weight is 156 g/mol. The van der Waals surface area contributed by atoms with Crippen LogP contribution in [0.25, 0.3) is 0 Å². The van der Waals surface area contributed by atoms with Crippen LogP contribution in [0.2, 0.25) is 12.6 Å². The van der Waals surface area contributed by atoms with Gasteiger partial charge < -0.3 is 0 Å². The lowest BCUT2D eigenvalue weighted by molar-refractivity contribution is 1.20. The Bertz CT molecular complexity index is 198. The van der Waals surface area contributed by atoms with Crippen LogP contribution in [0.5, 0.6) is 0 Å². The Labute approximate surface area is 77.4 Å². The summed E-state index contributed by atoms with van der Waals surface area (Å²) in [6.07, 6.45) is 5.39. The third kappa shape index (κ3) is 2.58. The van der Waals surface area contributed by atoms with E-state index in [-0.39, 0.29) is 0 Å². The minimum Gasteiger partial charge on any atom is -0.294 e. The van der Waals surface area contributed by atoms with E-state index < -0.39 is 0 Å². The second kappa shape index (κ2) is 5.29. The molecule has 0 atom stereocenters. The number of rotatable bonds is 1. The maximum Gasteiger partial charge on any atom is 0.0632 e. The lowest BCUT2D eigenvalue weighted by atomic mass is 9.19. The first kappa shape index (κ1) is 9.69. The molecule has 1 nitrogen and oxygen atoms in total. The standard InChI is InChI=1S/C8H13B3N/c1-3-4-7-5-9-11-10-6-8(7)12-2/h4H,3,5-6H2,1-2H3. The number of nitrogens with zero attached hydrogens (tertiary/aromatic N) is 1. The predicted molar refractivity (Wildman–Crippen MR) is 58.6 cm³/mol. The van der Waals surface area contributed by atoms with Crippen LogP contribution in [-0.4, -0.2) is 34.2 Å². The molecule has 0 saturated carbocycles. The van der Waals surface area contributed by atoms with E-state index in [9.17, 15) is 0 Å². The summed E-state index contributed by atoms with van der Waals surface area (Å²) in [6.45, 7) is 2.17. The first-order chi connectivity index (χ1) is 5.88. The molecule has 1 saturated heterocycles. The molecule has 1 rings (SSSR count). The Hall–Kier alpha value is -0.395. The molecule has 1 aliphatic heterocycles. The van der Waals surface area contributed by atoms with Gasteiger partial charge in [-0.2, -0.15) is 0 Å². The fourth-order valence-electron chi connectivity index (χ4n) is 1.40. The van der Waals surface area contributed by atoms with Crippen LogP contribution in [0.4, 0.5) is 0 Å². The molecule has 12 heavy (non-hydrogen) atoms. The lowest BCUT2D eigenvalue weighted by Gasteiger charge is -2.05. The molecule has 0 aromatic rings. The van der Waals surface area contributed by atoms with Crippen molar-refractivity contribution in [3.63, 3.8) is 0 Å². The monoisotopic (exact) mass is 156 g/mol. The van der Waals surface area contributed by atoms with E-state index in [1.165, 1.54) is 11.3 Å². The maximum absolute atomic E-state index is 4.28. The fraction of sp³-hybridized carbons (Fsp3) is 0.625. The van der Waals surface area contributed by atoms with E-state index in [2.05, 4.69) is 39.4 Å². The molecule has 0 amide bonds. The summed E-state index contributed by atoms with van der Waals surface area (Å²) in [5.74, 6) is 0. The van der Waals surface area contributed by atoms with Crippen molar-refractivity contribution in [2.24, 2.45) is 4.99 Å². The van der Waals surface area contributed by atoms with Crippen molar-refractivity contribution in [3.05, 3.63) is 11.6 Å². The van der Waals surface area contributed by atoms with Crippen molar-refractivity contribution in [2.45, 2.75) is 26.0 Å². The van der Waals surface area contributed by atoms with Gasteiger partial charge >= 0.3 is 0 Å². The molecule has 0 bridgehead atoms. The van der Waals surface area contributed by atoms with E-state index in [4.69, 9.17) is 0 Å². The van der Waals surface area contributed by atoms with Crippen LogP contribution in [0.15, 0.2) is 16.6 Å². The zero-order valence-corrected chi connectivity index (χ0v) is 7.88. The molecule has 1 aliphatic rings. The minimum absolute atomic E-state index is 0.985. The Morgan fingerprint density at radius 2 is 2.17 bits per heavy atom. The lowest BCUT2D eigenvalue weighted by Crippen LogP contribution is -2.08. The minimum atomic E-state index is 0.985. The quantitative estimate of drug-likeness (QED) is 0.505. The number of allylic oxidation sites excluding steroid dienone is 2. The number of hydrogen-bond donors (Lipinski definition) is 0. The van der Waals surface area contributed by atoms with E-state index in [0.29, 0.717) is 0 Å². The van der Waals surface area contributed by atoms with Gasteiger partial charge in [-0.05, 0) is 18.3 Å². The summed E-state index contributed by atoms with van der Waals surface area (Å²) in [5.41, 5.74) is 2.63. The Morgan fingerprint density at radius 1 is 1.42 bits per heavy atom. The molecular weight excluding hydrogens is 143 g/mol. The molecule has 0 spiro atoms. The normalized spacial score (nSPS) is 24.2. The van der Waals surface area contributed by atoms with Gasteiger partial charge in [0.1, 0.15) is 0 Å². The van der Waals surface area contributed by atoms with Gasteiger partial charge in [-0.3, -0.25) is 4.99 Å². The summed E-state index contributed by atoms with van der Waals surface area (Å²) in [4.78, 5) is 4.28. The first-order valence-corrected chi connectivity index (χ1v) is 4.52. The van der Waals surface area contributed by atoms with Crippen molar-refractivity contribution in [1.82, 2.24) is 0 Å². The molecule has 0 N–H and O–H groups in total. The Kier molecular flexibility index (Phi) is 4.27. The van der Waals surface area contributed by atoms with Crippen LogP contribution < -0.4 is 0 Å². The highest BCUT2D eigenvalue weighted by Crippen LogP contribution is 2.11. The van der Waals surface area contributed by atoms with E-state index >= 15 is 0 Å². The molecular formula is C8H13B3N. The summed E-state index contributed by atoms with van der Waals surface area (Å²) < 4.78 is 0. The largest absolute Gasteiger partial charge is 0.294 e. The van der Waals surface area contributed by atoms with Crippen molar-refractivity contribution < 1.29 is 0 Å². The molecule has 0 aromatic heterocycles. The summed E-state index contributed by atoms with van der Waals surface area (Å²) in [6, 6.07) is 0. The average Bonchev–Trinajstić information content (AvgIpc) is 2.30. The highest BCUT2D eigenvalue weighted by molar-refractivity contribution is 7.30. The molecule has 1 heterocycles. The molecule has 4 heteroatoms. The van der Waals surface area contributed by atoms with Gasteiger partial charge in [-0.25, -0.2) is 0 Å². The van der Waals surface area contributed by atoms with Crippen molar-refractivity contribution in [3.8, 4) is 0 Å². The number of aliphatic imine (C=N–C) groups is 1. The molecule has 59 valence electrons.